The van der Waals surface area contributed by atoms with Gasteiger partial charge in [0.2, 0.25) is 0 Å². The van der Waals surface area contributed by atoms with E-state index in [9.17, 15) is 4.79 Å². The molecule has 25 heavy (non-hydrogen) atoms. The van der Waals surface area contributed by atoms with Crippen molar-refractivity contribution < 1.29 is 19.0 Å². The highest BCUT2D eigenvalue weighted by molar-refractivity contribution is 5.89. The number of methoxy groups -OCH3 is 1. The number of benzene rings is 1. The highest BCUT2D eigenvalue weighted by Crippen LogP contribution is 2.32. The van der Waals surface area contributed by atoms with Crippen molar-refractivity contribution >= 4 is 11.7 Å². The predicted molar refractivity (Wildman–Crippen MR) is 92.1 cm³/mol. The van der Waals surface area contributed by atoms with E-state index in [1.165, 1.54) is 0 Å². The Kier molecular flexibility index (Phi) is 5.39. The minimum absolute atomic E-state index is 0.181. The van der Waals surface area contributed by atoms with Crippen LogP contribution >= 0.6 is 0 Å². The van der Waals surface area contributed by atoms with E-state index in [0.29, 0.717) is 37.8 Å². The van der Waals surface area contributed by atoms with Crippen LogP contribution in [0.5, 0.6) is 11.5 Å². The number of hydrogen-bond donors (Lipinski definition) is 2. The van der Waals surface area contributed by atoms with Gasteiger partial charge in [-0.2, -0.15) is 5.10 Å². The summed E-state index contributed by atoms with van der Waals surface area (Å²) in [6, 6.07) is 5.19. The lowest BCUT2D eigenvalue weighted by molar-refractivity contribution is 0.171. The molecule has 0 bridgehead atoms. The summed E-state index contributed by atoms with van der Waals surface area (Å²) >= 11 is 0. The highest BCUT2D eigenvalue weighted by Gasteiger charge is 2.16. The molecule has 0 saturated heterocycles. The summed E-state index contributed by atoms with van der Waals surface area (Å²) in [5, 5.41) is 9.82. The minimum atomic E-state index is -0.298. The van der Waals surface area contributed by atoms with Gasteiger partial charge in [0, 0.05) is 13.3 Å². The van der Waals surface area contributed by atoms with Crippen LogP contribution in [0, 0.1) is 0 Å². The van der Waals surface area contributed by atoms with Crippen LogP contribution in [0.2, 0.25) is 0 Å². The molecule has 0 fully saturated rings. The lowest BCUT2D eigenvalue weighted by Gasteiger charge is -2.21. The van der Waals surface area contributed by atoms with Crippen LogP contribution in [-0.4, -0.2) is 42.7 Å². The summed E-state index contributed by atoms with van der Waals surface area (Å²) in [4.78, 5) is 12.2. The van der Waals surface area contributed by atoms with Crippen molar-refractivity contribution in [3.63, 3.8) is 0 Å². The summed E-state index contributed by atoms with van der Waals surface area (Å²) in [5.74, 6) is 1.44. The molecule has 2 heterocycles. The molecule has 2 aromatic rings. The third kappa shape index (κ3) is 4.42. The van der Waals surface area contributed by atoms with E-state index in [1.807, 2.05) is 25.1 Å². The average molecular weight is 346 g/mol. The van der Waals surface area contributed by atoms with Gasteiger partial charge in [-0.25, -0.2) is 4.79 Å². The van der Waals surface area contributed by atoms with Gasteiger partial charge in [0.25, 0.3) is 0 Å². The fourth-order valence-corrected chi connectivity index (χ4v) is 2.51. The Morgan fingerprint density at radius 1 is 1.36 bits per heavy atom. The summed E-state index contributed by atoms with van der Waals surface area (Å²) in [6.45, 7) is 4.20. The van der Waals surface area contributed by atoms with Crippen LogP contribution in [0.25, 0.3) is 0 Å². The molecule has 0 aliphatic carbocycles. The number of carbonyl (C=O) groups excluding carboxylic acids is 1. The molecule has 3 rings (SSSR count). The average Bonchev–Trinajstić information content (AvgIpc) is 3.06. The maximum absolute atomic E-state index is 12.2. The van der Waals surface area contributed by atoms with Crippen LogP contribution in [0.15, 0.2) is 30.6 Å². The van der Waals surface area contributed by atoms with Crippen molar-refractivity contribution in [1.29, 1.82) is 0 Å². The van der Waals surface area contributed by atoms with Gasteiger partial charge in [-0.3, -0.25) is 4.68 Å². The summed E-state index contributed by atoms with van der Waals surface area (Å²) in [5.41, 5.74) is 1.57. The van der Waals surface area contributed by atoms with E-state index < -0.39 is 0 Å². The number of hydrogen-bond acceptors (Lipinski definition) is 5. The molecule has 1 atom stereocenters. The van der Waals surface area contributed by atoms with Gasteiger partial charge in [0.15, 0.2) is 11.5 Å². The van der Waals surface area contributed by atoms with Crippen molar-refractivity contribution in [1.82, 2.24) is 15.1 Å². The number of carbonyl (C=O) groups is 1. The molecule has 8 nitrogen and oxygen atoms in total. The Balaban J connectivity index is 1.56. The van der Waals surface area contributed by atoms with E-state index in [1.54, 1.807) is 24.2 Å². The number of ether oxygens (including phenoxy) is 3. The molecular weight excluding hydrogens is 324 g/mol. The smallest absolute Gasteiger partial charge is 0.319 e. The fraction of sp³-hybridized carbons (Fsp3) is 0.412. The Labute approximate surface area is 146 Å². The number of rotatable bonds is 6. The molecule has 0 spiro atoms. The van der Waals surface area contributed by atoms with Crippen LogP contribution < -0.4 is 20.1 Å². The maximum Gasteiger partial charge on any atom is 0.319 e. The van der Waals surface area contributed by atoms with E-state index >= 15 is 0 Å². The Morgan fingerprint density at radius 3 is 2.96 bits per heavy atom. The van der Waals surface area contributed by atoms with Gasteiger partial charge in [0.1, 0.15) is 13.2 Å². The molecule has 1 aromatic carbocycles. The van der Waals surface area contributed by atoms with E-state index in [4.69, 9.17) is 14.2 Å². The minimum Gasteiger partial charge on any atom is -0.486 e. The summed E-state index contributed by atoms with van der Waals surface area (Å²) < 4.78 is 17.8. The van der Waals surface area contributed by atoms with E-state index in [-0.39, 0.29) is 12.1 Å². The van der Waals surface area contributed by atoms with Gasteiger partial charge in [-0.05, 0) is 24.6 Å². The quantitative estimate of drug-likeness (QED) is 0.837. The van der Waals surface area contributed by atoms with Crippen LogP contribution in [0.3, 0.4) is 0 Å². The van der Waals surface area contributed by atoms with Crippen molar-refractivity contribution in [2.45, 2.75) is 19.5 Å². The lowest BCUT2D eigenvalue weighted by atomic mass is 10.1. The van der Waals surface area contributed by atoms with Crippen molar-refractivity contribution in [3.8, 4) is 11.5 Å². The zero-order valence-corrected chi connectivity index (χ0v) is 14.3. The van der Waals surface area contributed by atoms with Gasteiger partial charge >= 0.3 is 6.03 Å². The Bertz CT molecular complexity index is 731. The van der Waals surface area contributed by atoms with Crippen molar-refractivity contribution in [2.24, 2.45) is 0 Å². The van der Waals surface area contributed by atoms with Crippen molar-refractivity contribution in [2.75, 3.05) is 32.2 Å². The maximum atomic E-state index is 12.2. The first-order valence-corrected chi connectivity index (χ1v) is 8.14. The molecule has 8 heteroatoms. The molecule has 134 valence electrons. The molecule has 2 N–H and O–H groups in total. The Morgan fingerprint density at radius 2 is 2.16 bits per heavy atom. The van der Waals surface area contributed by atoms with Gasteiger partial charge < -0.3 is 24.8 Å². The predicted octanol–water partition coefficient (Wildman–Crippen LogP) is 2.18. The molecule has 0 unspecified atom stereocenters. The van der Waals surface area contributed by atoms with Crippen LogP contribution in [0.4, 0.5) is 10.5 Å². The fourth-order valence-electron chi connectivity index (χ4n) is 2.51. The largest absolute Gasteiger partial charge is 0.486 e. The number of urea groups is 1. The van der Waals surface area contributed by atoms with Crippen LogP contribution in [0.1, 0.15) is 18.5 Å². The summed E-state index contributed by atoms with van der Waals surface area (Å²) in [6.07, 6.45) is 3.36. The molecule has 0 saturated carbocycles. The normalized spacial score (nSPS) is 14.0. The van der Waals surface area contributed by atoms with Gasteiger partial charge in [-0.15, -0.1) is 0 Å². The number of nitrogens with one attached hydrogen (secondary N) is 2. The first kappa shape index (κ1) is 17.1. The first-order chi connectivity index (χ1) is 12.2. The van der Waals surface area contributed by atoms with Gasteiger partial charge in [-0.1, -0.05) is 6.07 Å². The number of aromatic nitrogens is 2. The topological polar surface area (TPSA) is 86.6 Å². The monoisotopic (exact) mass is 346 g/mol. The zero-order valence-electron chi connectivity index (χ0n) is 14.3. The van der Waals surface area contributed by atoms with E-state index in [0.717, 1.165) is 11.3 Å². The summed E-state index contributed by atoms with van der Waals surface area (Å²) in [7, 11) is 1.63. The van der Waals surface area contributed by atoms with E-state index in [2.05, 4.69) is 15.7 Å². The number of fused-ring (bicyclic) bond motifs is 1. The molecule has 2 amide bonds. The third-order valence-corrected chi connectivity index (χ3v) is 3.83. The second-order valence-electron chi connectivity index (χ2n) is 5.71. The molecule has 0 radical (unpaired) electrons. The molecular formula is C17H22N4O4. The zero-order chi connectivity index (χ0) is 17.6. The second kappa shape index (κ2) is 7.89. The lowest BCUT2D eigenvalue weighted by Crippen LogP contribution is -2.31. The Hall–Kier alpha value is -2.74. The first-order valence-electron chi connectivity index (χ1n) is 8.14. The molecule has 1 aliphatic heterocycles. The highest BCUT2D eigenvalue weighted by atomic mass is 16.6. The second-order valence-corrected chi connectivity index (χ2v) is 5.71. The van der Waals surface area contributed by atoms with Crippen LogP contribution in [-0.2, 0) is 11.3 Å². The molecule has 1 aromatic heterocycles. The number of amides is 2. The number of nitrogens with zero attached hydrogens (tertiary/aromatic N) is 2. The van der Waals surface area contributed by atoms with Gasteiger partial charge in [0.05, 0.1) is 31.1 Å². The third-order valence-electron chi connectivity index (χ3n) is 3.83. The standard InChI is InChI=1S/C17H22N4O4/c1-12(13-3-4-15-16(9-13)25-8-7-24-15)19-17(22)20-14-10-18-21(11-14)5-6-23-2/h3-4,9-12H,5-8H2,1-2H3,(H2,19,20,22)/t12-/m0/s1. The molecule has 1 aliphatic rings. The SMILES string of the molecule is COCCn1cc(NC(=O)N[C@@H](C)c2ccc3c(c2)OCCO3)cn1. The van der Waals surface area contributed by atoms with Crippen molar-refractivity contribution in [3.05, 3.63) is 36.2 Å². The number of anilines is 1.